The van der Waals surface area contributed by atoms with Gasteiger partial charge in [0, 0.05) is 23.5 Å². The zero-order valence-corrected chi connectivity index (χ0v) is 13.8. The molecule has 3 atom stereocenters. The van der Waals surface area contributed by atoms with Crippen LogP contribution in [0.15, 0.2) is 36.4 Å². The van der Waals surface area contributed by atoms with Gasteiger partial charge in [0.15, 0.2) is 0 Å². The van der Waals surface area contributed by atoms with Crippen LogP contribution in [0.3, 0.4) is 0 Å². The van der Waals surface area contributed by atoms with Crippen molar-refractivity contribution in [1.82, 2.24) is 0 Å². The summed E-state index contributed by atoms with van der Waals surface area (Å²) in [6.07, 6.45) is -4.54. The van der Waals surface area contributed by atoms with Gasteiger partial charge in [-0.2, -0.15) is 13.2 Å². The van der Waals surface area contributed by atoms with Gasteiger partial charge in [-0.3, -0.25) is 4.79 Å². The predicted octanol–water partition coefficient (Wildman–Crippen LogP) is 5.10. The fourth-order valence-corrected chi connectivity index (χ4v) is 3.56. The van der Waals surface area contributed by atoms with E-state index in [9.17, 15) is 18.0 Å². The lowest BCUT2D eigenvalue weighted by Crippen LogP contribution is -2.05. The smallest absolute Gasteiger partial charge is 0.416 e. The van der Waals surface area contributed by atoms with Gasteiger partial charge in [-0.15, -0.1) is 0 Å². The first-order valence-corrected chi connectivity index (χ1v) is 8.19. The van der Waals surface area contributed by atoms with E-state index in [0.717, 1.165) is 17.7 Å². The molecule has 1 aliphatic carbocycles. The molecule has 1 N–H and O–H groups in total. The van der Waals surface area contributed by atoms with Crippen molar-refractivity contribution < 1.29 is 32.5 Å². The van der Waals surface area contributed by atoms with Crippen molar-refractivity contribution in [3.05, 3.63) is 52.5 Å². The average molecular weight is 385 g/mol. The number of rotatable bonds is 4. The van der Waals surface area contributed by atoms with Crippen molar-refractivity contribution >= 4 is 17.6 Å². The molecule has 0 amide bonds. The van der Waals surface area contributed by atoms with Gasteiger partial charge in [0.05, 0.1) is 17.0 Å². The van der Waals surface area contributed by atoms with E-state index < -0.39 is 17.7 Å². The second kappa shape index (κ2) is 5.81. The fourth-order valence-electron chi connectivity index (χ4n) is 3.34. The zero-order chi connectivity index (χ0) is 18.6. The largest absolute Gasteiger partial charge is 0.489 e. The Bertz CT molecular complexity index is 896. The van der Waals surface area contributed by atoms with Crippen molar-refractivity contribution in [3.8, 4) is 17.2 Å². The third-order valence-corrected chi connectivity index (χ3v) is 4.90. The van der Waals surface area contributed by atoms with Crippen LogP contribution in [0.2, 0.25) is 5.02 Å². The van der Waals surface area contributed by atoms with Gasteiger partial charge in [-0.25, -0.2) is 0 Å². The molecule has 8 heteroatoms. The summed E-state index contributed by atoms with van der Waals surface area (Å²) in [7, 11) is 0. The molecule has 2 aromatic rings. The minimum Gasteiger partial charge on any atom is -0.489 e. The van der Waals surface area contributed by atoms with E-state index in [-0.39, 0.29) is 35.1 Å². The van der Waals surface area contributed by atoms with E-state index in [1.54, 1.807) is 18.2 Å². The number of halogens is 4. The number of carbonyl (C=O) groups is 1. The van der Waals surface area contributed by atoms with Crippen LogP contribution in [0.5, 0.6) is 17.2 Å². The quantitative estimate of drug-likeness (QED) is 0.796. The molecule has 1 heterocycles. The number of aliphatic carboxylic acids is 1. The van der Waals surface area contributed by atoms with E-state index in [2.05, 4.69) is 0 Å². The number of carboxylic acids is 1. The third kappa shape index (κ3) is 2.96. The molecule has 2 aromatic carbocycles. The summed E-state index contributed by atoms with van der Waals surface area (Å²) in [4.78, 5) is 10.8. The molecule has 1 fully saturated rings. The van der Waals surface area contributed by atoms with Crippen LogP contribution in [-0.4, -0.2) is 17.2 Å². The molecule has 4 rings (SSSR count). The molecule has 1 saturated carbocycles. The summed E-state index contributed by atoms with van der Waals surface area (Å²) in [5.74, 6) is 0.280. The van der Waals surface area contributed by atoms with Crippen molar-refractivity contribution in [2.24, 2.45) is 5.92 Å². The van der Waals surface area contributed by atoms with E-state index in [0.29, 0.717) is 11.5 Å². The first-order chi connectivity index (χ1) is 12.2. The Morgan fingerprint density at radius 1 is 1.23 bits per heavy atom. The molecule has 0 aromatic heterocycles. The lowest BCUT2D eigenvalue weighted by molar-refractivity contribution is -0.138. The number of hydrogen-bond donors (Lipinski definition) is 1. The Labute approximate surface area is 151 Å². The minimum absolute atomic E-state index is 0.0175. The Kier molecular flexibility index (Phi) is 3.80. The first-order valence-electron chi connectivity index (χ1n) is 7.81. The topological polar surface area (TPSA) is 55.8 Å². The Balaban J connectivity index is 1.51. The van der Waals surface area contributed by atoms with Crippen LogP contribution in [-0.2, 0) is 11.0 Å². The summed E-state index contributed by atoms with van der Waals surface area (Å²) in [6, 6.07) is 7.96. The van der Waals surface area contributed by atoms with Crippen molar-refractivity contribution in [2.45, 2.75) is 24.6 Å². The average Bonchev–Trinajstić information content (AvgIpc) is 3.04. The number of fused-ring (bicyclic) bond motifs is 3. The maximum absolute atomic E-state index is 12.7. The van der Waals surface area contributed by atoms with Crippen LogP contribution in [0, 0.1) is 5.92 Å². The van der Waals surface area contributed by atoms with Gasteiger partial charge < -0.3 is 14.6 Å². The van der Waals surface area contributed by atoms with Gasteiger partial charge in [0.1, 0.15) is 23.4 Å². The van der Waals surface area contributed by atoms with Gasteiger partial charge in [0.25, 0.3) is 0 Å². The molecule has 26 heavy (non-hydrogen) atoms. The molecule has 0 spiro atoms. The Morgan fingerprint density at radius 2 is 2.00 bits per heavy atom. The second-order valence-corrected chi connectivity index (χ2v) is 6.72. The third-order valence-electron chi connectivity index (χ3n) is 4.60. The normalized spacial score (nSPS) is 23.0. The number of benzene rings is 2. The van der Waals surface area contributed by atoms with Gasteiger partial charge in [-0.1, -0.05) is 17.7 Å². The monoisotopic (exact) mass is 384 g/mol. The van der Waals surface area contributed by atoms with E-state index >= 15 is 0 Å². The maximum atomic E-state index is 12.7. The van der Waals surface area contributed by atoms with Crippen LogP contribution in [0.25, 0.3) is 0 Å². The van der Waals surface area contributed by atoms with E-state index in [1.165, 1.54) is 6.07 Å². The zero-order valence-electron chi connectivity index (χ0n) is 13.1. The van der Waals surface area contributed by atoms with Crippen LogP contribution < -0.4 is 9.47 Å². The molecule has 0 bridgehead atoms. The van der Waals surface area contributed by atoms with Crippen molar-refractivity contribution in [3.63, 3.8) is 0 Å². The highest BCUT2D eigenvalue weighted by Gasteiger charge is 2.59. The lowest BCUT2D eigenvalue weighted by atomic mass is 10.1. The summed E-state index contributed by atoms with van der Waals surface area (Å²) >= 11 is 5.89. The standard InChI is InChI=1S/C18H12ClF3O4/c19-12-5-8(18(20,21)22)1-4-13(12)25-9-2-3-10-14(6-9)26-17-11(16(10)17)7-15(23)24/h1-6,11,16-17H,7H2,(H,23,24). The van der Waals surface area contributed by atoms with Gasteiger partial charge >= 0.3 is 12.1 Å². The molecule has 1 aliphatic heterocycles. The highest BCUT2D eigenvalue weighted by Crippen LogP contribution is 2.60. The van der Waals surface area contributed by atoms with Crippen molar-refractivity contribution in [2.75, 3.05) is 0 Å². The molecule has 0 radical (unpaired) electrons. The molecule has 2 aliphatic rings. The van der Waals surface area contributed by atoms with Crippen LogP contribution in [0.1, 0.15) is 23.5 Å². The lowest BCUT2D eigenvalue weighted by Gasteiger charge is -2.13. The van der Waals surface area contributed by atoms with Crippen molar-refractivity contribution in [1.29, 1.82) is 0 Å². The number of carboxylic acid groups (broad SMARTS) is 1. The number of hydrogen-bond acceptors (Lipinski definition) is 3. The SMILES string of the molecule is O=C(O)CC1C2Oc3cc(Oc4ccc(C(F)(F)F)cc4Cl)ccc3C12. The first kappa shape index (κ1) is 17.0. The number of ether oxygens (including phenoxy) is 2. The van der Waals surface area contributed by atoms with Crippen LogP contribution in [0.4, 0.5) is 13.2 Å². The Hall–Kier alpha value is -2.41. The second-order valence-electron chi connectivity index (χ2n) is 6.31. The molecule has 136 valence electrons. The predicted molar refractivity (Wildman–Crippen MR) is 85.9 cm³/mol. The summed E-state index contributed by atoms with van der Waals surface area (Å²) in [6.45, 7) is 0. The fraction of sp³-hybridized carbons (Fsp3) is 0.278. The molecule has 3 unspecified atom stereocenters. The maximum Gasteiger partial charge on any atom is 0.416 e. The number of alkyl halides is 3. The van der Waals surface area contributed by atoms with E-state index in [4.69, 9.17) is 26.2 Å². The molecular formula is C18H12ClF3O4. The van der Waals surface area contributed by atoms with Crippen LogP contribution >= 0.6 is 11.6 Å². The molecule has 4 nitrogen and oxygen atoms in total. The van der Waals surface area contributed by atoms with Gasteiger partial charge in [-0.05, 0) is 24.3 Å². The molecular weight excluding hydrogens is 373 g/mol. The molecule has 0 saturated heterocycles. The summed E-state index contributed by atoms with van der Waals surface area (Å²) in [5, 5.41) is 8.73. The highest BCUT2D eigenvalue weighted by atomic mass is 35.5. The summed E-state index contributed by atoms with van der Waals surface area (Å²) < 4.78 is 49.3. The summed E-state index contributed by atoms with van der Waals surface area (Å²) in [5.41, 5.74) is 0.0730. The van der Waals surface area contributed by atoms with Gasteiger partial charge in [0.2, 0.25) is 0 Å². The van der Waals surface area contributed by atoms with E-state index in [1.807, 2.05) is 0 Å². The Morgan fingerprint density at radius 3 is 2.65 bits per heavy atom. The minimum atomic E-state index is -4.48. The highest BCUT2D eigenvalue weighted by molar-refractivity contribution is 6.32.